The molecule has 1 unspecified atom stereocenters. The minimum absolute atomic E-state index is 0.208. The second kappa shape index (κ2) is 5.59. The zero-order chi connectivity index (χ0) is 14.9. The predicted octanol–water partition coefficient (Wildman–Crippen LogP) is 0.744. The van der Waals surface area contributed by atoms with E-state index in [1.54, 1.807) is 19.2 Å². The van der Waals surface area contributed by atoms with Crippen molar-refractivity contribution in [2.24, 2.45) is 0 Å². The Morgan fingerprint density at radius 1 is 1.40 bits per heavy atom. The summed E-state index contributed by atoms with van der Waals surface area (Å²) >= 11 is 0. The normalized spacial score (nSPS) is 19.8. The Bertz CT molecular complexity index is 587. The van der Waals surface area contributed by atoms with Gasteiger partial charge in [0.2, 0.25) is 10.0 Å². The SMILES string of the molecule is COC1CCN(c2ccc(S(=O)(=O)N(C)C)cc2N)C1. The summed E-state index contributed by atoms with van der Waals surface area (Å²) in [6, 6.07) is 4.88. The van der Waals surface area contributed by atoms with Gasteiger partial charge in [-0.1, -0.05) is 0 Å². The molecule has 1 heterocycles. The van der Waals surface area contributed by atoms with Crippen LogP contribution in [0, 0.1) is 0 Å². The lowest BCUT2D eigenvalue weighted by atomic mass is 10.2. The molecule has 2 N–H and O–H groups in total. The van der Waals surface area contributed by atoms with Crippen molar-refractivity contribution in [1.29, 1.82) is 0 Å². The molecule has 0 radical (unpaired) electrons. The van der Waals surface area contributed by atoms with Crippen LogP contribution in [0.2, 0.25) is 0 Å². The predicted molar refractivity (Wildman–Crippen MR) is 79.4 cm³/mol. The molecule has 112 valence electrons. The van der Waals surface area contributed by atoms with Crippen LogP contribution in [-0.2, 0) is 14.8 Å². The van der Waals surface area contributed by atoms with Crippen molar-refractivity contribution in [3.8, 4) is 0 Å². The van der Waals surface area contributed by atoms with Crippen molar-refractivity contribution in [3.63, 3.8) is 0 Å². The first-order valence-corrected chi connectivity index (χ1v) is 7.90. The number of benzene rings is 1. The smallest absolute Gasteiger partial charge is 0.242 e. The molecule has 1 aliphatic rings. The molecule has 1 fully saturated rings. The number of sulfonamides is 1. The van der Waals surface area contributed by atoms with E-state index in [9.17, 15) is 8.42 Å². The Morgan fingerprint density at radius 2 is 2.10 bits per heavy atom. The van der Waals surface area contributed by atoms with Gasteiger partial charge in [0.05, 0.1) is 22.4 Å². The Morgan fingerprint density at radius 3 is 2.60 bits per heavy atom. The minimum Gasteiger partial charge on any atom is -0.397 e. The number of methoxy groups -OCH3 is 1. The van der Waals surface area contributed by atoms with Crippen LogP contribution in [0.3, 0.4) is 0 Å². The second-order valence-electron chi connectivity index (χ2n) is 5.10. The topological polar surface area (TPSA) is 75.9 Å². The Balaban J connectivity index is 2.28. The fraction of sp³-hybridized carbons (Fsp3) is 0.538. The summed E-state index contributed by atoms with van der Waals surface area (Å²) in [6.07, 6.45) is 1.16. The number of nitrogens with zero attached hydrogens (tertiary/aromatic N) is 2. The van der Waals surface area contributed by atoms with Gasteiger partial charge in [-0.25, -0.2) is 12.7 Å². The van der Waals surface area contributed by atoms with Crippen molar-refractivity contribution in [1.82, 2.24) is 4.31 Å². The van der Waals surface area contributed by atoms with Gasteiger partial charge in [0.25, 0.3) is 0 Å². The van der Waals surface area contributed by atoms with Gasteiger partial charge in [0, 0.05) is 34.3 Å². The van der Waals surface area contributed by atoms with Gasteiger partial charge in [-0.3, -0.25) is 0 Å². The van der Waals surface area contributed by atoms with E-state index < -0.39 is 10.0 Å². The van der Waals surface area contributed by atoms with Gasteiger partial charge in [-0.15, -0.1) is 0 Å². The third-order valence-corrected chi connectivity index (χ3v) is 5.41. The Kier molecular flexibility index (Phi) is 4.22. The fourth-order valence-electron chi connectivity index (χ4n) is 2.33. The van der Waals surface area contributed by atoms with Gasteiger partial charge in [-0.05, 0) is 24.6 Å². The van der Waals surface area contributed by atoms with Gasteiger partial charge < -0.3 is 15.4 Å². The number of anilines is 2. The molecule has 0 saturated carbocycles. The van der Waals surface area contributed by atoms with Gasteiger partial charge in [-0.2, -0.15) is 0 Å². The summed E-state index contributed by atoms with van der Waals surface area (Å²) in [6.45, 7) is 1.64. The van der Waals surface area contributed by atoms with E-state index in [0.717, 1.165) is 25.2 Å². The number of rotatable bonds is 4. The second-order valence-corrected chi connectivity index (χ2v) is 7.25. The molecule has 1 aromatic carbocycles. The maximum atomic E-state index is 12.1. The average Bonchev–Trinajstić information content (AvgIpc) is 2.86. The highest BCUT2D eigenvalue weighted by molar-refractivity contribution is 7.89. The van der Waals surface area contributed by atoms with Gasteiger partial charge in [0.15, 0.2) is 0 Å². The van der Waals surface area contributed by atoms with Crippen molar-refractivity contribution in [3.05, 3.63) is 18.2 Å². The van der Waals surface area contributed by atoms with Crippen LogP contribution >= 0.6 is 0 Å². The first-order chi connectivity index (χ1) is 9.36. The zero-order valence-electron chi connectivity index (χ0n) is 12.0. The van der Waals surface area contributed by atoms with Gasteiger partial charge >= 0.3 is 0 Å². The van der Waals surface area contributed by atoms with E-state index in [1.807, 2.05) is 0 Å². The molecular formula is C13H21N3O3S. The fourth-order valence-corrected chi connectivity index (χ4v) is 3.27. The minimum atomic E-state index is -3.44. The molecule has 1 saturated heterocycles. The van der Waals surface area contributed by atoms with Crippen molar-refractivity contribution in [2.75, 3.05) is 44.9 Å². The lowest BCUT2D eigenvalue weighted by Gasteiger charge is -2.21. The molecule has 0 aliphatic carbocycles. The summed E-state index contributed by atoms with van der Waals surface area (Å²) in [5.41, 5.74) is 7.36. The molecule has 0 aromatic heterocycles. The van der Waals surface area contributed by atoms with Crippen LogP contribution in [-0.4, -0.2) is 53.1 Å². The third kappa shape index (κ3) is 2.74. The highest BCUT2D eigenvalue weighted by Crippen LogP contribution is 2.30. The number of ether oxygens (including phenoxy) is 1. The molecular weight excluding hydrogens is 278 g/mol. The highest BCUT2D eigenvalue weighted by atomic mass is 32.2. The van der Waals surface area contributed by atoms with E-state index in [0.29, 0.717) is 5.69 Å². The van der Waals surface area contributed by atoms with Crippen LogP contribution in [0.1, 0.15) is 6.42 Å². The van der Waals surface area contributed by atoms with Crippen LogP contribution in [0.5, 0.6) is 0 Å². The largest absolute Gasteiger partial charge is 0.397 e. The highest BCUT2D eigenvalue weighted by Gasteiger charge is 2.25. The summed E-state index contributed by atoms with van der Waals surface area (Å²) < 4.78 is 30.6. The summed E-state index contributed by atoms with van der Waals surface area (Å²) in [5.74, 6) is 0. The number of nitrogen functional groups attached to an aromatic ring is 1. The van der Waals surface area contributed by atoms with Crippen LogP contribution in [0.15, 0.2) is 23.1 Å². The number of hydrogen-bond donors (Lipinski definition) is 1. The molecule has 1 aliphatic heterocycles. The number of nitrogens with two attached hydrogens (primary N) is 1. The lowest BCUT2D eigenvalue weighted by molar-refractivity contribution is 0.121. The average molecular weight is 299 g/mol. The monoisotopic (exact) mass is 299 g/mol. The van der Waals surface area contributed by atoms with E-state index in [4.69, 9.17) is 10.5 Å². The van der Waals surface area contributed by atoms with E-state index in [-0.39, 0.29) is 11.0 Å². The quantitative estimate of drug-likeness (QED) is 0.830. The first kappa shape index (κ1) is 15.1. The lowest BCUT2D eigenvalue weighted by Crippen LogP contribution is -2.24. The number of hydrogen-bond acceptors (Lipinski definition) is 5. The molecule has 0 amide bonds. The molecule has 7 heteroatoms. The van der Waals surface area contributed by atoms with E-state index >= 15 is 0 Å². The Hall–Kier alpha value is -1.31. The maximum Gasteiger partial charge on any atom is 0.242 e. The summed E-state index contributed by atoms with van der Waals surface area (Å²) in [5, 5.41) is 0. The molecule has 2 rings (SSSR count). The van der Waals surface area contributed by atoms with Gasteiger partial charge in [0.1, 0.15) is 0 Å². The third-order valence-electron chi connectivity index (χ3n) is 3.60. The molecule has 1 aromatic rings. The maximum absolute atomic E-state index is 12.1. The molecule has 20 heavy (non-hydrogen) atoms. The van der Waals surface area contributed by atoms with E-state index in [1.165, 1.54) is 24.5 Å². The molecule has 0 bridgehead atoms. The molecule has 6 nitrogen and oxygen atoms in total. The van der Waals surface area contributed by atoms with Crippen molar-refractivity contribution in [2.45, 2.75) is 17.4 Å². The van der Waals surface area contributed by atoms with Crippen molar-refractivity contribution < 1.29 is 13.2 Å². The first-order valence-electron chi connectivity index (χ1n) is 6.46. The summed E-state index contributed by atoms with van der Waals surface area (Å²) in [4.78, 5) is 2.33. The van der Waals surface area contributed by atoms with E-state index in [2.05, 4.69) is 4.90 Å². The van der Waals surface area contributed by atoms with Crippen LogP contribution in [0.25, 0.3) is 0 Å². The zero-order valence-corrected chi connectivity index (χ0v) is 12.9. The molecule has 1 atom stereocenters. The standard InChI is InChI=1S/C13H21N3O3S/c1-15(2)20(17,18)11-4-5-13(12(14)8-11)16-7-6-10(9-16)19-3/h4-5,8,10H,6-7,9,14H2,1-3H3. The van der Waals surface area contributed by atoms with Crippen LogP contribution in [0.4, 0.5) is 11.4 Å². The van der Waals surface area contributed by atoms with Crippen LogP contribution < -0.4 is 10.6 Å². The van der Waals surface area contributed by atoms with Crippen molar-refractivity contribution >= 4 is 21.4 Å². The summed E-state index contributed by atoms with van der Waals surface area (Å²) in [7, 11) is 1.26. The molecule has 0 spiro atoms. The Labute approximate surface area is 120 Å².